The van der Waals surface area contributed by atoms with Gasteiger partial charge in [-0.3, -0.25) is 4.79 Å². The second-order valence-corrected chi connectivity index (χ2v) is 8.47. The molecule has 1 aromatic carbocycles. The molecule has 1 aliphatic heterocycles. The van der Waals surface area contributed by atoms with Crippen LogP contribution in [0.3, 0.4) is 0 Å². The van der Waals surface area contributed by atoms with Crippen molar-refractivity contribution in [2.45, 2.75) is 44.7 Å². The first-order valence-corrected chi connectivity index (χ1v) is 10.0. The van der Waals surface area contributed by atoms with Crippen molar-refractivity contribution in [3.05, 3.63) is 47.3 Å². The lowest BCUT2D eigenvalue weighted by Gasteiger charge is -2.48. The fourth-order valence-electron chi connectivity index (χ4n) is 3.53. The van der Waals surface area contributed by atoms with Crippen LogP contribution in [0.4, 0.5) is 0 Å². The highest BCUT2D eigenvalue weighted by Crippen LogP contribution is 2.38. The van der Waals surface area contributed by atoms with E-state index in [1.807, 2.05) is 30.3 Å². The molecule has 1 saturated heterocycles. The zero-order chi connectivity index (χ0) is 19.1. The fraction of sp³-hybridized carbons (Fsp3) is 0.444. The van der Waals surface area contributed by atoms with Gasteiger partial charge < -0.3 is 9.42 Å². The van der Waals surface area contributed by atoms with Crippen LogP contribution in [0.25, 0.3) is 0 Å². The van der Waals surface area contributed by atoms with Crippen LogP contribution in [0.15, 0.2) is 39.8 Å². The van der Waals surface area contributed by atoms with Crippen LogP contribution in [-0.2, 0) is 14.8 Å². The van der Waals surface area contributed by atoms with Gasteiger partial charge >= 0.3 is 0 Å². The van der Waals surface area contributed by atoms with Crippen molar-refractivity contribution in [2.24, 2.45) is 5.92 Å². The Balaban J connectivity index is 1.76. The Kier molecular flexibility index (Phi) is 4.90. The number of hydrogen-bond donors (Lipinski definition) is 1. The zero-order valence-corrected chi connectivity index (χ0v) is 16.1. The summed E-state index contributed by atoms with van der Waals surface area (Å²) in [4.78, 5) is 14.5. The molecule has 0 saturated carbocycles. The van der Waals surface area contributed by atoms with E-state index in [1.165, 1.54) is 6.92 Å². The lowest BCUT2D eigenvalue weighted by atomic mass is 9.84. The van der Waals surface area contributed by atoms with E-state index in [-0.39, 0.29) is 28.3 Å². The molecule has 3 rings (SSSR count). The van der Waals surface area contributed by atoms with Gasteiger partial charge in [0.2, 0.25) is 15.9 Å². The largest absolute Gasteiger partial charge is 0.360 e. The average molecular weight is 377 g/mol. The van der Waals surface area contributed by atoms with Crippen molar-refractivity contribution >= 4 is 15.9 Å². The molecule has 1 fully saturated rings. The van der Waals surface area contributed by atoms with Crippen LogP contribution in [-0.4, -0.2) is 37.0 Å². The van der Waals surface area contributed by atoms with Gasteiger partial charge in [-0.15, -0.1) is 0 Å². The predicted molar refractivity (Wildman–Crippen MR) is 95.8 cm³/mol. The quantitative estimate of drug-likeness (QED) is 0.862. The van der Waals surface area contributed by atoms with E-state index >= 15 is 0 Å². The smallest absolute Gasteiger partial charge is 0.246 e. The highest BCUT2D eigenvalue weighted by molar-refractivity contribution is 7.89. The van der Waals surface area contributed by atoms with Crippen LogP contribution >= 0.6 is 0 Å². The molecule has 7 nitrogen and oxygen atoms in total. The molecular formula is C18H23N3O4S. The number of sulfonamides is 1. The number of amides is 1. The Hall–Kier alpha value is -2.19. The molecule has 1 amide bonds. The van der Waals surface area contributed by atoms with Gasteiger partial charge in [-0.05, 0) is 32.3 Å². The van der Waals surface area contributed by atoms with E-state index < -0.39 is 16.1 Å². The minimum Gasteiger partial charge on any atom is -0.360 e. The van der Waals surface area contributed by atoms with Gasteiger partial charge in [-0.25, -0.2) is 8.42 Å². The van der Waals surface area contributed by atoms with E-state index in [0.29, 0.717) is 12.5 Å². The SMILES string of the molecule is Cc1noc(C)c1S(=O)(=O)N[C@@H](C)C(=O)N1C[C@@H](C)[C@@H]1c1ccccc1. The minimum absolute atomic E-state index is 0.00580. The average Bonchev–Trinajstić information content (AvgIpc) is 2.91. The summed E-state index contributed by atoms with van der Waals surface area (Å²) in [6.45, 7) is 7.34. The first kappa shape index (κ1) is 18.6. The molecule has 0 radical (unpaired) electrons. The van der Waals surface area contributed by atoms with E-state index in [4.69, 9.17) is 4.52 Å². The maximum Gasteiger partial charge on any atom is 0.246 e. The van der Waals surface area contributed by atoms with Crippen molar-refractivity contribution in [1.82, 2.24) is 14.8 Å². The third-order valence-electron chi connectivity index (χ3n) is 4.72. The van der Waals surface area contributed by atoms with Crippen LogP contribution in [0, 0.1) is 19.8 Å². The van der Waals surface area contributed by atoms with Gasteiger partial charge in [0.1, 0.15) is 10.6 Å². The van der Waals surface area contributed by atoms with Gasteiger partial charge in [-0.1, -0.05) is 42.4 Å². The number of nitrogens with zero attached hydrogens (tertiary/aromatic N) is 2. The maximum atomic E-state index is 12.8. The van der Waals surface area contributed by atoms with E-state index in [2.05, 4.69) is 16.8 Å². The number of benzene rings is 1. The molecule has 8 heteroatoms. The molecule has 0 unspecified atom stereocenters. The molecule has 0 spiro atoms. The zero-order valence-electron chi connectivity index (χ0n) is 15.3. The summed E-state index contributed by atoms with van der Waals surface area (Å²) in [5, 5.41) is 3.67. The summed E-state index contributed by atoms with van der Waals surface area (Å²) >= 11 is 0. The summed E-state index contributed by atoms with van der Waals surface area (Å²) in [6, 6.07) is 8.86. The van der Waals surface area contributed by atoms with Gasteiger partial charge in [-0.2, -0.15) is 4.72 Å². The number of aryl methyl sites for hydroxylation is 2. The van der Waals surface area contributed by atoms with E-state index in [0.717, 1.165) is 5.56 Å². The third-order valence-corrected chi connectivity index (χ3v) is 6.51. The van der Waals surface area contributed by atoms with Gasteiger partial charge in [0.05, 0.1) is 12.1 Å². The lowest BCUT2D eigenvalue weighted by Crippen LogP contribution is -2.57. The number of aromatic nitrogens is 1. The molecule has 26 heavy (non-hydrogen) atoms. The first-order valence-electron chi connectivity index (χ1n) is 8.53. The summed E-state index contributed by atoms with van der Waals surface area (Å²) in [5.74, 6) is 0.286. The molecule has 2 heterocycles. The Morgan fingerprint density at radius 2 is 1.96 bits per heavy atom. The topological polar surface area (TPSA) is 92.5 Å². The molecule has 0 aliphatic carbocycles. The number of hydrogen-bond acceptors (Lipinski definition) is 5. The Morgan fingerprint density at radius 1 is 1.31 bits per heavy atom. The summed E-state index contributed by atoms with van der Waals surface area (Å²) in [5.41, 5.74) is 1.33. The van der Waals surface area contributed by atoms with Crippen LogP contribution < -0.4 is 4.72 Å². The summed E-state index contributed by atoms with van der Waals surface area (Å²) in [6.07, 6.45) is 0. The van der Waals surface area contributed by atoms with E-state index in [9.17, 15) is 13.2 Å². The fourth-order valence-corrected chi connectivity index (χ4v) is 5.05. The van der Waals surface area contributed by atoms with Crippen molar-refractivity contribution in [3.63, 3.8) is 0 Å². The summed E-state index contributed by atoms with van der Waals surface area (Å²) in [7, 11) is -3.89. The highest BCUT2D eigenvalue weighted by Gasteiger charge is 2.42. The van der Waals surface area contributed by atoms with Gasteiger partial charge in [0.15, 0.2) is 5.76 Å². The molecule has 1 aromatic heterocycles. The van der Waals surface area contributed by atoms with Gasteiger partial charge in [0.25, 0.3) is 0 Å². The lowest BCUT2D eigenvalue weighted by molar-refractivity contribution is -0.145. The molecule has 2 aromatic rings. The van der Waals surface area contributed by atoms with Gasteiger partial charge in [0, 0.05) is 6.54 Å². The van der Waals surface area contributed by atoms with Crippen LogP contribution in [0.1, 0.15) is 36.9 Å². The standard InChI is InChI=1S/C18H23N3O4S/c1-11-10-21(16(11)15-8-6-5-7-9-15)18(22)13(3)20-26(23,24)17-12(2)19-25-14(17)4/h5-9,11,13,16,20H,10H2,1-4H3/t11-,13+,16-/m1/s1. The Labute approximate surface area is 153 Å². The number of rotatable bonds is 5. The monoisotopic (exact) mass is 377 g/mol. The number of carbonyl (C=O) groups excluding carboxylic acids is 1. The number of carbonyl (C=O) groups is 1. The number of nitrogens with one attached hydrogen (secondary N) is 1. The third kappa shape index (κ3) is 3.26. The molecule has 140 valence electrons. The molecule has 0 bridgehead atoms. The van der Waals surface area contributed by atoms with Crippen LogP contribution in [0.2, 0.25) is 0 Å². The Bertz CT molecular complexity index is 888. The Morgan fingerprint density at radius 3 is 2.50 bits per heavy atom. The van der Waals surface area contributed by atoms with Crippen LogP contribution in [0.5, 0.6) is 0 Å². The van der Waals surface area contributed by atoms with Crippen molar-refractivity contribution in [3.8, 4) is 0 Å². The predicted octanol–water partition coefficient (Wildman–Crippen LogP) is 2.18. The summed E-state index contributed by atoms with van der Waals surface area (Å²) < 4.78 is 32.6. The second-order valence-electron chi connectivity index (χ2n) is 6.82. The first-order chi connectivity index (χ1) is 12.2. The van der Waals surface area contributed by atoms with Crippen molar-refractivity contribution in [1.29, 1.82) is 0 Å². The van der Waals surface area contributed by atoms with Crippen molar-refractivity contribution in [2.75, 3.05) is 6.54 Å². The number of likely N-dealkylation sites (tertiary alicyclic amines) is 1. The molecule has 3 atom stereocenters. The highest BCUT2D eigenvalue weighted by atomic mass is 32.2. The normalized spacial score (nSPS) is 21.3. The second kappa shape index (κ2) is 6.85. The molecule has 1 N–H and O–H groups in total. The van der Waals surface area contributed by atoms with Crippen molar-refractivity contribution < 1.29 is 17.7 Å². The molecule has 1 aliphatic rings. The minimum atomic E-state index is -3.89. The van der Waals surface area contributed by atoms with E-state index in [1.54, 1.807) is 18.7 Å². The molecular weight excluding hydrogens is 354 g/mol. The maximum absolute atomic E-state index is 12.8.